The number of methoxy groups -OCH3 is 1. The van der Waals surface area contributed by atoms with Crippen molar-refractivity contribution in [2.45, 2.75) is 25.0 Å². The van der Waals surface area contributed by atoms with Crippen molar-refractivity contribution in [1.29, 1.82) is 0 Å². The molecule has 1 rings (SSSR count). The molecule has 5 heteroatoms. The van der Waals surface area contributed by atoms with Crippen molar-refractivity contribution in [3.05, 3.63) is 0 Å². The lowest BCUT2D eigenvalue weighted by atomic mass is 10.1. The number of carbonyl (C=O) groups is 1. The molecule has 0 aliphatic carbocycles. The van der Waals surface area contributed by atoms with Crippen LogP contribution in [0.3, 0.4) is 0 Å². The Morgan fingerprint density at radius 2 is 2.43 bits per heavy atom. The van der Waals surface area contributed by atoms with Crippen molar-refractivity contribution < 1.29 is 14.6 Å². The average molecular weight is 202 g/mol. The number of nitrogens with zero attached hydrogens (tertiary/aromatic N) is 1. The van der Waals surface area contributed by atoms with Crippen molar-refractivity contribution >= 4 is 5.97 Å². The molecule has 2 atom stereocenters. The summed E-state index contributed by atoms with van der Waals surface area (Å²) < 4.78 is 4.51. The molecule has 1 aliphatic rings. The van der Waals surface area contributed by atoms with Gasteiger partial charge in [0, 0.05) is 19.1 Å². The molecule has 1 aliphatic heterocycles. The lowest BCUT2D eigenvalue weighted by Crippen LogP contribution is -2.47. The fourth-order valence-corrected chi connectivity index (χ4v) is 1.73. The van der Waals surface area contributed by atoms with Crippen LogP contribution in [0.1, 0.15) is 13.3 Å². The maximum atomic E-state index is 11.2. The third-order valence-corrected chi connectivity index (χ3v) is 2.47. The standard InChI is InChI=1S/C9H18N2O3/c1-9(13,8(12)14-2)6-11-4-3-7(10)5-11/h7,13H,3-6,10H2,1-2H3. The van der Waals surface area contributed by atoms with Gasteiger partial charge in [-0.15, -0.1) is 0 Å². The smallest absolute Gasteiger partial charge is 0.338 e. The van der Waals surface area contributed by atoms with Gasteiger partial charge in [0.1, 0.15) is 0 Å². The average Bonchev–Trinajstić information content (AvgIpc) is 2.48. The number of ether oxygens (including phenoxy) is 1. The van der Waals surface area contributed by atoms with Gasteiger partial charge in [-0.05, 0) is 19.9 Å². The van der Waals surface area contributed by atoms with Gasteiger partial charge < -0.3 is 15.6 Å². The molecule has 0 amide bonds. The summed E-state index contributed by atoms with van der Waals surface area (Å²) in [4.78, 5) is 13.1. The number of rotatable bonds is 3. The first kappa shape index (κ1) is 11.4. The SMILES string of the molecule is COC(=O)C(C)(O)CN1CCC(N)C1. The maximum absolute atomic E-state index is 11.2. The van der Waals surface area contributed by atoms with Crippen LogP contribution in [0.25, 0.3) is 0 Å². The minimum Gasteiger partial charge on any atom is -0.467 e. The number of esters is 1. The van der Waals surface area contributed by atoms with E-state index in [1.165, 1.54) is 14.0 Å². The normalized spacial score (nSPS) is 27.3. The molecule has 0 aromatic heterocycles. The minimum atomic E-state index is -1.43. The topological polar surface area (TPSA) is 75.8 Å². The minimum absolute atomic E-state index is 0.156. The third kappa shape index (κ3) is 2.67. The van der Waals surface area contributed by atoms with E-state index in [4.69, 9.17) is 5.73 Å². The Morgan fingerprint density at radius 1 is 1.79 bits per heavy atom. The second-order valence-electron chi connectivity index (χ2n) is 4.05. The molecule has 5 nitrogen and oxygen atoms in total. The summed E-state index contributed by atoms with van der Waals surface area (Å²) in [5, 5.41) is 9.77. The van der Waals surface area contributed by atoms with E-state index in [1.54, 1.807) is 0 Å². The van der Waals surface area contributed by atoms with Gasteiger partial charge in [0.2, 0.25) is 0 Å². The number of β-amino-alcohol motifs (C(OH)–C–C–N with tert-alkyl or cyclic N) is 1. The van der Waals surface area contributed by atoms with Crippen molar-refractivity contribution in [2.24, 2.45) is 5.73 Å². The molecule has 1 saturated heterocycles. The monoisotopic (exact) mass is 202 g/mol. The number of carbonyl (C=O) groups excluding carboxylic acids is 1. The van der Waals surface area contributed by atoms with E-state index in [9.17, 15) is 9.90 Å². The highest BCUT2D eigenvalue weighted by Crippen LogP contribution is 2.13. The van der Waals surface area contributed by atoms with Crippen LogP contribution in [0.4, 0.5) is 0 Å². The molecular weight excluding hydrogens is 184 g/mol. The van der Waals surface area contributed by atoms with E-state index in [0.29, 0.717) is 0 Å². The second kappa shape index (κ2) is 4.25. The van der Waals surface area contributed by atoms with E-state index in [0.717, 1.165) is 19.5 Å². The van der Waals surface area contributed by atoms with E-state index >= 15 is 0 Å². The van der Waals surface area contributed by atoms with Crippen LogP contribution < -0.4 is 5.73 Å². The fourth-order valence-electron chi connectivity index (χ4n) is 1.73. The first-order valence-electron chi connectivity index (χ1n) is 4.74. The van der Waals surface area contributed by atoms with Crippen molar-refractivity contribution in [3.8, 4) is 0 Å². The van der Waals surface area contributed by atoms with Crippen LogP contribution in [0.15, 0.2) is 0 Å². The van der Waals surface area contributed by atoms with E-state index < -0.39 is 11.6 Å². The Balaban J connectivity index is 2.46. The van der Waals surface area contributed by atoms with Crippen molar-refractivity contribution in [1.82, 2.24) is 4.90 Å². The van der Waals surface area contributed by atoms with Crippen LogP contribution in [0.5, 0.6) is 0 Å². The molecular formula is C9H18N2O3. The van der Waals surface area contributed by atoms with Crippen LogP contribution in [0, 0.1) is 0 Å². The lowest BCUT2D eigenvalue weighted by molar-refractivity contribution is -0.162. The van der Waals surface area contributed by atoms with Crippen LogP contribution in [-0.2, 0) is 9.53 Å². The Labute approximate surface area is 83.8 Å². The molecule has 82 valence electrons. The Morgan fingerprint density at radius 3 is 2.86 bits per heavy atom. The number of nitrogens with two attached hydrogens (primary N) is 1. The second-order valence-corrected chi connectivity index (χ2v) is 4.05. The molecule has 14 heavy (non-hydrogen) atoms. The number of hydrogen-bond donors (Lipinski definition) is 2. The summed E-state index contributed by atoms with van der Waals surface area (Å²) in [7, 11) is 1.27. The molecule has 0 radical (unpaired) electrons. The fraction of sp³-hybridized carbons (Fsp3) is 0.889. The summed E-state index contributed by atoms with van der Waals surface area (Å²) in [6, 6.07) is 0.156. The van der Waals surface area contributed by atoms with Gasteiger partial charge >= 0.3 is 5.97 Å². The molecule has 3 N–H and O–H groups in total. The predicted octanol–water partition coefficient (Wildman–Crippen LogP) is -1.06. The van der Waals surface area contributed by atoms with Gasteiger partial charge in [-0.3, -0.25) is 4.90 Å². The molecule has 0 bridgehead atoms. The van der Waals surface area contributed by atoms with E-state index in [-0.39, 0.29) is 12.6 Å². The van der Waals surface area contributed by atoms with E-state index in [2.05, 4.69) is 4.74 Å². The maximum Gasteiger partial charge on any atom is 0.338 e. The van der Waals surface area contributed by atoms with Gasteiger partial charge in [-0.25, -0.2) is 4.79 Å². The first-order valence-corrected chi connectivity index (χ1v) is 4.74. The molecule has 0 aromatic carbocycles. The number of hydrogen-bond acceptors (Lipinski definition) is 5. The van der Waals surface area contributed by atoms with Gasteiger partial charge in [0.15, 0.2) is 5.60 Å². The molecule has 0 spiro atoms. The summed E-state index contributed by atoms with van der Waals surface area (Å²) in [5.41, 5.74) is 4.28. The van der Waals surface area contributed by atoms with E-state index in [1.807, 2.05) is 4.90 Å². The van der Waals surface area contributed by atoms with Crippen LogP contribution in [-0.4, -0.2) is 54.4 Å². The lowest BCUT2D eigenvalue weighted by Gasteiger charge is -2.26. The van der Waals surface area contributed by atoms with Crippen LogP contribution in [0.2, 0.25) is 0 Å². The van der Waals surface area contributed by atoms with Crippen molar-refractivity contribution in [3.63, 3.8) is 0 Å². The van der Waals surface area contributed by atoms with Crippen molar-refractivity contribution in [2.75, 3.05) is 26.7 Å². The largest absolute Gasteiger partial charge is 0.467 e. The summed E-state index contributed by atoms with van der Waals surface area (Å²) in [6.07, 6.45) is 0.914. The molecule has 2 unspecified atom stereocenters. The zero-order chi connectivity index (χ0) is 10.8. The quantitative estimate of drug-likeness (QED) is 0.571. The van der Waals surface area contributed by atoms with Gasteiger partial charge in [-0.1, -0.05) is 0 Å². The summed E-state index contributed by atoms with van der Waals surface area (Å²) >= 11 is 0. The first-order chi connectivity index (χ1) is 6.45. The van der Waals surface area contributed by atoms with Gasteiger partial charge in [0.05, 0.1) is 7.11 Å². The highest BCUT2D eigenvalue weighted by atomic mass is 16.5. The summed E-state index contributed by atoms with van der Waals surface area (Å²) in [5.74, 6) is -0.599. The Kier molecular flexibility index (Phi) is 3.47. The highest BCUT2D eigenvalue weighted by molar-refractivity contribution is 5.78. The highest BCUT2D eigenvalue weighted by Gasteiger charge is 2.35. The Hall–Kier alpha value is -0.650. The molecule has 1 heterocycles. The molecule has 1 fully saturated rings. The molecule has 0 aromatic rings. The predicted molar refractivity (Wildman–Crippen MR) is 51.7 cm³/mol. The van der Waals surface area contributed by atoms with Gasteiger partial charge in [-0.2, -0.15) is 0 Å². The Bertz CT molecular complexity index is 218. The zero-order valence-electron chi connectivity index (χ0n) is 8.69. The summed E-state index contributed by atoms with van der Waals surface area (Å²) in [6.45, 7) is 3.30. The molecule has 0 saturated carbocycles. The third-order valence-electron chi connectivity index (χ3n) is 2.47. The number of likely N-dealkylation sites (tertiary alicyclic amines) is 1. The van der Waals surface area contributed by atoms with Gasteiger partial charge in [0.25, 0.3) is 0 Å². The van der Waals surface area contributed by atoms with Crippen LogP contribution >= 0.6 is 0 Å². The number of aliphatic hydroxyl groups is 1. The zero-order valence-corrected chi connectivity index (χ0v) is 8.69.